The maximum absolute atomic E-state index is 13.4. The quantitative estimate of drug-likeness (QED) is 0.632. The van der Waals surface area contributed by atoms with Crippen molar-refractivity contribution < 1.29 is 22.7 Å². The molecule has 3 aromatic rings. The van der Waals surface area contributed by atoms with Gasteiger partial charge in [-0.3, -0.25) is 4.79 Å². The zero-order chi connectivity index (χ0) is 22.3. The lowest BCUT2D eigenvalue weighted by atomic mass is 10.1. The largest absolute Gasteiger partial charge is 0.478 e. The van der Waals surface area contributed by atoms with Gasteiger partial charge in [0, 0.05) is 18.2 Å². The van der Waals surface area contributed by atoms with Crippen molar-refractivity contribution in [1.82, 2.24) is 14.8 Å². The highest BCUT2D eigenvalue weighted by atomic mass is 35.5. The van der Waals surface area contributed by atoms with Crippen LogP contribution >= 0.6 is 11.6 Å². The second-order valence-electron chi connectivity index (χ2n) is 7.07. The molecule has 0 saturated carbocycles. The van der Waals surface area contributed by atoms with Gasteiger partial charge in [-0.2, -0.15) is 13.2 Å². The van der Waals surface area contributed by atoms with E-state index in [1.165, 1.54) is 41.0 Å². The molecule has 0 bridgehead atoms. The first-order chi connectivity index (χ1) is 13.9. The maximum Gasteiger partial charge on any atom is 0.417 e. The van der Waals surface area contributed by atoms with Gasteiger partial charge in [-0.15, -0.1) is 10.2 Å². The molecular weight excluding hydrogens is 421 g/mol. The van der Waals surface area contributed by atoms with Crippen LogP contribution < -0.4 is 10.5 Å². The van der Waals surface area contributed by atoms with E-state index in [2.05, 4.69) is 10.2 Å². The molecule has 3 rings (SSSR count). The molecule has 2 aromatic carbocycles. The molecule has 0 aliphatic rings. The molecule has 1 amide bonds. The van der Waals surface area contributed by atoms with Crippen molar-refractivity contribution in [2.45, 2.75) is 25.6 Å². The molecule has 0 unspecified atom stereocenters. The Morgan fingerprint density at radius 3 is 2.40 bits per heavy atom. The summed E-state index contributed by atoms with van der Waals surface area (Å²) in [4.78, 5) is 11.3. The summed E-state index contributed by atoms with van der Waals surface area (Å²) in [5, 5.41) is 8.19. The molecule has 6 nitrogen and oxygen atoms in total. The summed E-state index contributed by atoms with van der Waals surface area (Å²) in [6.45, 7) is 3.35. The number of primary amides is 1. The number of rotatable bonds is 5. The Kier molecular flexibility index (Phi) is 5.51. The van der Waals surface area contributed by atoms with Gasteiger partial charge in [-0.25, -0.2) is 0 Å². The molecule has 2 N–H and O–H groups in total. The van der Waals surface area contributed by atoms with Gasteiger partial charge in [-0.1, -0.05) is 29.8 Å². The number of halogens is 4. The number of aromatic nitrogens is 3. The predicted molar refractivity (Wildman–Crippen MR) is 105 cm³/mol. The molecule has 1 heterocycles. The number of nitrogens with two attached hydrogens (primary N) is 1. The number of carbonyl (C=O) groups excluding carboxylic acids is 1. The summed E-state index contributed by atoms with van der Waals surface area (Å²) in [6, 6.07) is 9.46. The van der Waals surface area contributed by atoms with E-state index < -0.39 is 23.2 Å². The molecule has 10 heteroatoms. The lowest BCUT2D eigenvalue weighted by Crippen LogP contribution is -2.29. The van der Waals surface area contributed by atoms with Crippen LogP contribution in [0.2, 0.25) is 5.02 Å². The Balaban J connectivity index is 1.99. The highest BCUT2D eigenvalue weighted by Gasteiger charge is 2.36. The third-order valence-electron chi connectivity index (χ3n) is 4.47. The number of alkyl halides is 3. The van der Waals surface area contributed by atoms with Crippen molar-refractivity contribution in [3.05, 3.63) is 64.4 Å². The van der Waals surface area contributed by atoms with E-state index in [4.69, 9.17) is 22.1 Å². The SMILES string of the molecule is Cn1c(-c2ccccc2C(F)(F)F)nnc1C(C)(C)Oc1ccc(C(N)=O)cc1Cl. The van der Waals surface area contributed by atoms with E-state index in [1.54, 1.807) is 20.9 Å². The molecule has 0 fully saturated rings. The van der Waals surface area contributed by atoms with Gasteiger partial charge in [-0.05, 0) is 38.1 Å². The average Bonchev–Trinajstić information content (AvgIpc) is 3.04. The van der Waals surface area contributed by atoms with Gasteiger partial charge in [0.2, 0.25) is 5.91 Å². The van der Waals surface area contributed by atoms with Gasteiger partial charge in [0.1, 0.15) is 5.75 Å². The number of ether oxygens (including phenoxy) is 1. The summed E-state index contributed by atoms with van der Waals surface area (Å²) >= 11 is 6.18. The number of carbonyl (C=O) groups is 1. The third-order valence-corrected chi connectivity index (χ3v) is 4.76. The average molecular weight is 439 g/mol. The van der Waals surface area contributed by atoms with Crippen LogP contribution in [0.3, 0.4) is 0 Å². The van der Waals surface area contributed by atoms with Crippen LogP contribution in [0.15, 0.2) is 42.5 Å². The van der Waals surface area contributed by atoms with Gasteiger partial charge in [0.15, 0.2) is 17.2 Å². The molecule has 0 aliphatic heterocycles. The van der Waals surface area contributed by atoms with Crippen LogP contribution in [-0.2, 0) is 18.8 Å². The van der Waals surface area contributed by atoms with Crippen molar-refractivity contribution in [2.24, 2.45) is 12.8 Å². The number of benzene rings is 2. The summed E-state index contributed by atoms with van der Waals surface area (Å²) in [6.07, 6.45) is -4.54. The van der Waals surface area contributed by atoms with Gasteiger partial charge in [0.25, 0.3) is 0 Å². The summed E-state index contributed by atoms with van der Waals surface area (Å²) in [5.74, 6) is -0.0508. The number of hydrogen-bond acceptors (Lipinski definition) is 4. The van der Waals surface area contributed by atoms with Crippen molar-refractivity contribution in [2.75, 3.05) is 0 Å². The molecule has 30 heavy (non-hydrogen) atoms. The van der Waals surface area contributed by atoms with E-state index in [1.807, 2.05) is 0 Å². The van der Waals surface area contributed by atoms with Crippen LogP contribution in [0.5, 0.6) is 5.75 Å². The lowest BCUT2D eigenvalue weighted by molar-refractivity contribution is -0.137. The first-order valence-electron chi connectivity index (χ1n) is 8.76. The van der Waals surface area contributed by atoms with E-state index in [-0.39, 0.29) is 33.5 Å². The molecule has 0 atom stereocenters. The van der Waals surface area contributed by atoms with Crippen molar-refractivity contribution in [3.63, 3.8) is 0 Å². The Morgan fingerprint density at radius 2 is 1.80 bits per heavy atom. The van der Waals surface area contributed by atoms with Gasteiger partial charge < -0.3 is 15.0 Å². The molecule has 0 aliphatic carbocycles. The topological polar surface area (TPSA) is 83.0 Å². The highest BCUT2D eigenvalue weighted by Crippen LogP contribution is 2.38. The smallest absolute Gasteiger partial charge is 0.417 e. The van der Waals surface area contributed by atoms with E-state index >= 15 is 0 Å². The third kappa shape index (κ3) is 4.11. The molecule has 0 saturated heterocycles. The van der Waals surface area contributed by atoms with Crippen LogP contribution in [0.1, 0.15) is 35.6 Å². The van der Waals surface area contributed by atoms with Gasteiger partial charge >= 0.3 is 6.18 Å². The van der Waals surface area contributed by atoms with E-state index in [0.29, 0.717) is 0 Å². The fourth-order valence-electron chi connectivity index (χ4n) is 3.07. The van der Waals surface area contributed by atoms with Crippen LogP contribution in [-0.4, -0.2) is 20.7 Å². The zero-order valence-corrected chi connectivity index (χ0v) is 17.0. The second kappa shape index (κ2) is 7.64. The minimum absolute atomic E-state index is 0.0461. The molecule has 1 aromatic heterocycles. The number of nitrogens with zero attached hydrogens (tertiary/aromatic N) is 3. The summed E-state index contributed by atoms with van der Waals surface area (Å²) in [7, 11) is 1.56. The maximum atomic E-state index is 13.4. The predicted octanol–water partition coefficient (Wildman–Crippen LogP) is 4.57. The molecule has 0 radical (unpaired) electrons. The van der Waals surface area contributed by atoms with Crippen molar-refractivity contribution >= 4 is 17.5 Å². The Morgan fingerprint density at radius 1 is 1.13 bits per heavy atom. The number of amides is 1. The molecular formula is C20H18ClF3N4O2. The zero-order valence-electron chi connectivity index (χ0n) is 16.3. The fraction of sp³-hybridized carbons (Fsp3) is 0.250. The summed E-state index contributed by atoms with van der Waals surface area (Å²) < 4.78 is 47.6. The number of hydrogen-bond donors (Lipinski definition) is 1. The highest BCUT2D eigenvalue weighted by molar-refractivity contribution is 6.32. The standard InChI is InChI=1S/C20H18ClF3N4O2/c1-19(2,30-15-9-8-11(16(25)29)10-14(15)21)18-27-26-17(28(18)3)12-6-4-5-7-13(12)20(22,23)24/h4-10H,1-3H3,(H2,25,29). The minimum atomic E-state index is -4.54. The van der Waals surface area contributed by atoms with Crippen LogP contribution in [0.4, 0.5) is 13.2 Å². The monoisotopic (exact) mass is 438 g/mol. The lowest BCUT2D eigenvalue weighted by Gasteiger charge is -2.26. The van der Waals surface area contributed by atoms with Crippen molar-refractivity contribution in [1.29, 1.82) is 0 Å². The fourth-order valence-corrected chi connectivity index (χ4v) is 3.29. The van der Waals surface area contributed by atoms with E-state index in [9.17, 15) is 18.0 Å². The van der Waals surface area contributed by atoms with Gasteiger partial charge in [0.05, 0.1) is 10.6 Å². The van der Waals surface area contributed by atoms with Crippen LogP contribution in [0, 0.1) is 0 Å². The second-order valence-corrected chi connectivity index (χ2v) is 7.48. The molecule has 0 spiro atoms. The van der Waals surface area contributed by atoms with E-state index in [0.717, 1.165) is 6.07 Å². The minimum Gasteiger partial charge on any atom is -0.478 e. The Hall–Kier alpha value is -3.07. The normalized spacial score (nSPS) is 12.1. The Bertz CT molecular complexity index is 1110. The first-order valence-corrected chi connectivity index (χ1v) is 9.14. The summed E-state index contributed by atoms with van der Waals surface area (Å²) in [5.41, 5.74) is 3.44. The molecule has 158 valence electrons. The first kappa shape index (κ1) is 21.6. The van der Waals surface area contributed by atoms with Crippen LogP contribution in [0.25, 0.3) is 11.4 Å². The Labute approximate surface area is 175 Å². The van der Waals surface area contributed by atoms with Crippen molar-refractivity contribution in [3.8, 4) is 17.1 Å².